The van der Waals surface area contributed by atoms with Crippen LogP contribution in [0.15, 0.2) is 24.3 Å². The van der Waals surface area contributed by atoms with E-state index in [1.54, 1.807) is 13.2 Å². The molecule has 2 N–H and O–H groups in total. The Hall–Kier alpha value is -2.01. The topological polar surface area (TPSA) is 59.1 Å². The van der Waals surface area contributed by atoms with Gasteiger partial charge in [0.15, 0.2) is 0 Å². The quantitative estimate of drug-likeness (QED) is 0.844. The van der Waals surface area contributed by atoms with E-state index in [0.717, 1.165) is 30.2 Å². The normalized spacial score (nSPS) is 10.3. The first-order chi connectivity index (χ1) is 10.1. The summed E-state index contributed by atoms with van der Waals surface area (Å²) in [6.07, 6.45) is 1.02. The van der Waals surface area contributed by atoms with Gasteiger partial charge in [-0.25, -0.2) is 4.98 Å². The van der Waals surface area contributed by atoms with E-state index < -0.39 is 0 Å². The molecule has 0 bridgehead atoms. The highest BCUT2D eigenvalue weighted by atomic mass is 35.5. The summed E-state index contributed by atoms with van der Waals surface area (Å²) in [7, 11) is 1.59. The summed E-state index contributed by atoms with van der Waals surface area (Å²) in [5, 5.41) is 6.99. The van der Waals surface area contributed by atoms with E-state index in [4.69, 9.17) is 16.3 Å². The standard InChI is InChI=1S/C15H19ClN4O/c1-4-7-17-15-18-10(2)8-14(20-15)19-11-5-6-12(16)13(9-11)21-3/h5-6,8-9H,4,7H2,1-3H3,(H2,17,18,19,20). The molecule has 0 aliphatic rings. The molecule has 0 atom stereocenters. The number of hydrogen-bond acceptors (Lipinski definition) is 5. The molecule has 5 nitrogen and oxygen atoms in total. The van der Waals surface area contributed by atoms with Crippen molar-refractivity contribution in [2.24, 2.45) is 0 Å². The fourth-order valence-corrected chi connectivity index (χ4v) is 2.03. The molecule has 0 aliphatic carbocycles. The lowest BCUT2D eigenvalue weighted by atomic mass is 10.3. The van der Waals surface area contributed by atoms with Crippen LogP contribution in [0.25, 0.3) is 0 Å². The summed E-state index contributed by atoms with van der Waals surface area (Å²) >= 11 is 6.02. The van der Waals surface area contributed by atoms with Crippen molar-refractivity contribution >= 4 is 29.1 Å². The summed E-state index contributed by atoms with van der Waals surface area (Å²) in [6.45, 7) is 4.88. The Morgan fingerprint density at radius 1 is 1.24 bits per heavy atom. The van der Waals surface area contributed by atoms with Gasteiger partial charge in [0.2, 0.25) is 5.95 Å². The zero-order chi connectivity index (χ0) is 15.2. The van der Waals surface area contributed by atoms with E-state index in [1.165, 1.54) is 0 Å². The van der Waals surface area contributed by atoms with E-state index in [-0.39, 0.29) is 0 Å². The number of benzene rings is 1. The molecule has 0 saturated heterocycles. The lowest BCUT2D eigenvalue weighted by molar-refractivity contribution is 0.415. The number of nitrogens with one attached hydrogen (secondary N) is 2. The van der Waals surface area contributed by atoms with Gasteiger partial charge in [0.25, 0.3) is 0 Å². The number of hydrogen-bond donors (Lipinski definition) is 2. The average molecular weight is 307 g/mol. The van der Waals surface area contributed by atoms with Crippen LogP contribution in [0.3, 0.4) is 0 Å². The molecule has 0 aliphatic heterocycles. The number of nitrogens with zero attached hydrogens (tertiary/aromatic N) is 2. The van der Waals surface area contributed by atoms with Crippen molar-refractivity contribution in [1.29, 1.82) is 0 Å². The van der Waals surface area contributed by atoms with Gasteiger partial charge in [0.05, 0.1) is 12.1 Å². The first-order valence-corrected chi connectivity index (χ1v) is 7.20. The molecule has 0 fully saturated rings. The molecule has 0 unspecified atom stereocenters. The lowest BCUT2D eigenvalue weighted by Crippen LogP contribution is -2.06. The maximum Gasteiger partial charge on any atom is 0.224 e. The first kappa shape index (κ1) is 15.4. The van der Waals surface area contributed by atoms with Crippen LogP contribution in [0.4, 0.5) is 17.5 Å². The number of methoxy groups -OCH3 is 1. The number of aromatic nitrogens is 2. The van der Waals surface area contributed by atoms with Crippen LogP contribution in [-0.4, -0.2) is 23.6 Å². The molecule has 21 heavy (non-hydrogen) atoms. The molecule has 0 spiro atoms. The second-order valence-corrected chi connectivity index (χ2v) is 5.03. The molecule has 112 valence electrons. The van der Waals surface area contributed by atoms with Gasteiger partial charge in [0.1, 0.15) is 11.6 Å². The minimum Gasteiger partial charge on any atom is -0.495 e. The van der Waals surface area contributed by atoms with Crippen LogP contribution >= 0.6 is 11.6 Å². The van der Waals surface area contributed by atoms with Crippen molar-refractivity contribution in [3.63, 3.8) is 0 Å². The van der Waals surface area contributed by atoms with Gasteiger partial charge in [-0.1, -0.05) is 18.5 Å². The fraction of sp³-hybridized carbons (Fsp3) is 0.333. The predicted octanol–water partition coefficient (Wildman–Crippen LogP) is 4.01. The highest BCUT2D eigenvalue weighted by Gasteiger charge is 2.05. The SMILES string of the molecule is CCCNc1nc(C)cc(Nc2ccc(Cl)c(OC)c2)n1. The molecular weight excluding hydrogens is 288 g/mol. The number of ether oxygens (including phenoxy) is 1. The van der Waals surface area contributed by atoms with E-state index in [1.807, 2.05) is 25.1 Å². The summed E-state index contributed by atoms with van der Waals surface area (Å²) in [5.74, 6) is 1.97. The van der Waals surface area contributed by atoms with Gasteiger partial charge in [-0.05, 0) is 25.5 Å². The van der Waals surface area contributed by atoms with Gasteiger partial charge in [-0.15, -0.1) is 0 Å². The second kappa shape index (κ2) is 7.13. The Balaban J connectivity index is 2.20. The number of aryl methyl sites for hydroxylation is 1. The number of halogens is 1. The fourth-order valence-electron chi connectivity index (χ4n) is 1.83. The number of anilines is 3. The molecule has 1 aromatic heterocycles. The van der Waals surface area contributed by atoms with Crippen LogP contribution in [0, 0.1) is 6.92 Å². The van der Waals surface area contributed by atoms with Crippen molar-refractivity contribution in [2.75, 3.05) is 24.3 Å². The minimum atomic E-state index is 0.576. The predicted molar refractivity (Wildman–Crippen MR) is 86.8 cm³/mol. The summed E-state index contributed by atoms with van der Waals surface area (Å²) in [4.78, 5) is 8.79. The lowest BCUT2D eigenvalue weighted by Gasteiger charge is -2.11. The van der Waals surface area contributed by atoms with Crippen molar-refractivity contribution in [3.05, 3.63) is 35.0 Å². The van der Waals surface area contributed by atoms with Crippen LogP contribution in [0.2, 0.25) is 5.02 Å². The van der Waals surface area contributed by atoms with Gasteiger partial charge in [-0.2, -0.15) is 4.98 Å². The highest BCUT2D eigenvalue weighted by molar-refractivity contribution is 6.32. The van der Waals surface area contributed by atoms with Crippen molar-refractivity contribution in [1.82, 2.24) is 9.97 Å². The second-order valence-electron chi connectivity index (χ2n) is 4.62. The maximum atomic E-state index is 6.02. The van der Waals surface area contributed by atoms with Gasteiger partial charge in [0, 0.05) is 30.1 Å². The Labute approximate surface area is 129 Å². The van der Waals surface area contributed by atoms with E-state index in [2.05, 4.69) is 27.5 Å². The van der Waals surface area contributed by atoms with E-state index in [9.17, 15) is 0 Å². The third-order valence-electron chi connectivity index (χ3n) is 2.81. The summed E-state index contributed by atoms with van der Waals surface area (Å²) in [5.41, 5.74) is 1.75. The van der Waals surface area contributed by atoms with Crippen LogP contribution < -0.4 is 15.4 Å². The molecule has 1 heterocycles. The van der Waals surface area contributed by atoms with Crippen molar-refractivity contribution in [3.8, 4) is 5.75 Å². The van der Waals surface area contributed by atoms with Gasteiger partial charge < -0.3 is 15.4 Å². The highest BCUT2D eigenvalue weighted by Crippen LogP contribution is 2.28. The summed E-state index contributed by atoms with van der Waals surface area (Å²) < 4.78 is 5.21. The number of rotatable bonds is 6. The van der Waals surface area contributed by atoms with Crippen LogP contribution in [0.1, 0.15) is 19.0 Å². The average Bonchev–Trinajstić information content (AvgIpc) is 2.46. The molecule has 6 heteroatoms. The third kappa shape index (κ3) is 4.23. The van der Waals surface area contributed by atoms with E-state index in [0.29, 0.717) is 16.7 Å². The van der Waals surface area contributed by atoms with E-state index >= 15 is 0 Å². The van der Waals surface area contributed by atoms with Crippen molar-refractivity contribution in [2.45, 2.75) is 20.3 Å². The van der Waals surface area contributed by atoms with Gasteiger partial charge >= 0.3 is 0 Å². The third-order valence-corrected chi connectivity index (χ3v) is 3.12. The first-order valence-electron chi connectivity index (χ1n) is 6.82. The molecule has 1 aromatic carbocycles. The maximum absolute atomic E-state index is 6.02. The Kier molecular flexibility index (Phi) is 5.22. The van der Waals surface area contributed by atoms with Gasteiger partial charge in [-0.3, -0.25) is 0 Å². The van der Waals surface area contributed by atoms with Crippen LogP contribution in [0.5, 0.6) is 5.75 Å². The van der Waals surface area contributed by atoms with Crippen LogP contribution in [-0.2, 0) is 0 Å². The minimum absolute atomic E-state index is 0.576. The molecule has 0 saturated carbocycles. The zero-order valence-corrected chi connectivity index (χ0v) is 13.2. The monoisotopic (exact) mass is 306 g/mol. The molecule has 0 amide bonds. The molecule has 2 rings (SSSR count). The van der Waals surface area contributed by atoms with Crippen molar-refractivity contribution < 1.29 is 4.74 Å². The molecule has 0 radical (unpaired) electrons. The molecule has 2 aromatic rings. The Morgan fingerprint density at radius 2 is 2.05 bits per heavy atom. The summed E-state index contributed by atoms with van der Waals surface area (Å²) in [6, 6.07) is 7.38. The largest absolute Gasteiger partial charge is 0.495 e. The Bertz CT molecular complexity index is 619. The Morgan fingerprint density at radius 3 is 2.76 bits per heavy atom. The zero-order valence-electron chi connectivity index (χ0n) is 12.4. The molecular formula is C15H19ClN4O. The smallest absolute Gasteiger partial charge is 0.224 e.